The normalized spacial score (nSPS) is 10.6. The second-order valence-electron chi connectivity index (χ2n) is 4.37. The molecule has 120 valence electrons. The first-order valence-corrected chi connectivity index (χ1v) is 7.01. The minimum absolute atomic E-state index is 0.0973. The molecule has 1 amide bonds. The van der Waals surface area contributed by atoms with E-state index in [2.05, 4.69) is 10.5 Å². The molecule has 0 saturated heterocycles. The van der Waals surface area contributed by atoms with Crippen LogP contribution in [0, 0.1) is 5.82 Å². The van der Waals surface area contributed by atoms with Crippen LogP contribution in [0.2, 0.25) is 5.02 Å². The summed E-state index contributed by atoms with van der Waals surface area (Å²) in [5, 5.41) is 3.86. The maximum atomic E-state index is 13.5. The van der Waals surface area contributed by atoms with Crippen molar-refractivity contribution in [3.63, 3.8) is 0 Å². The molecule has 5 nitrogen and oxygen atoms in total. The van der Waals surface area contributed by atoms with Gasteiger partial charge in [0, 0.05) is 5.56 Å². The van der Waals surface area contributed by atoms with Crippen LogP contribution >= 0.6 is 11.6 Å². The highest BCUT2D eigenvalue weighted by atomic mass is 35.5. The number of hydrazone groups is 1. The van der Waals surface area contributed by atoms with E-state index >= 15 is 0 Å². The van der Waals surface area contributed by atoms with Crippen LogP contribution < -0.4 is 14.9 Å². The molecule has 0 spiro atoms. The summed E-state index contributed by atoms with van der Waals surface area (Å²) in [4.78, 5) is 11.7. The van der Waals surface area contributed by atoms with Gasteiger partial charge in [-0.2, -0.15) is 5.10 Å². The number of para-hydroxylation sites is 2. The fraction of sp³-hybridized carbons (Fsp3) is 0.125. The van der Waals surface area contributed by atoms with Crippen LogP contribution in [0.1, 0.15) is 5.56 Å². The van der Waals surface area contributed by atoms with Crippen molar-refractivity contribution in [1.29, 1.82) is 0 Å². The summed E-state index contributed by atoms with van der Waals surface area (Å²) in [6.07, 6.45) is 1.14. The number of ether oxygens (including phenoxy) is 2. The number of methoxy groups -OCH3 is 1. The SMILES string of the molecule is COc1ccccc1OCC(=O)NN=Cc1c(F)cccc1Cl. The Morgan fingerprint density at radius 1 is 1.26 bits per heavy atom. The molecule has 0 atom stereocenters. The van der Waals surface area contributed by atoms with E-state index in [4.69, 9.17) is 21.1 Å². The summed E-state index contributed by atoms with van der Waals surface area (Å²) in [5.41, 5.74) is 2.33. The molecule has 0 aliphatic carbocycles. The van der Waals surface area contributed by atoms with Crippen LogP contribution in [-0.4, -0.2) is 25.8 Å². The highest BCUT2D eigenvalue weighted by Gasteiger charge is 2.07. The van der Waals surface area contributed by atoms with Crippen molar-refractivity contribution in [2.45, 2.75) is 0 Å². The lowest BCUT2D eigenvalue weighted by atomic mass is 10.2. The summed E-state index contributed by atoms with van der Waals surface area (Å²) in [6, 6.07) is 11.2. The number of benzene rings is 2. The monoisotopic (exact) mass is 336 g/mol. The van der Waals surface area contributed by atoms with Crippen molar-refractivity contribution in [2.75, 3.05) is 13.7 Å². The Balaban J connectivity index is 1.89. The van der Waals surface area contributed by atoms with Crippen molar-refractivity contribution in [3.8, 4) is 11.5 Å². The molecule has 0 unspecified atom stereocenters. The van der Waals surface area contributed by atoms with Gasteiger partial charge < -0.3 is 9.47 Å². The standard InChI is InChI=1S/C16H14ClFN2O3/c1-22-14-7-2-3-8-15(14)23-10-16(21)20-19-9-11-12(17)5-4-6-13(11)18/h2-9H,10H2,1H3,(H,20,21). The Kier molecular flexibility index (Phi) is 5.94. The van der Waals surface area contributed by atoms with Crippen molar-refractivity contribution in [2.24, 2.45) is 5.10 Å². The fourth-order valence-corrected chi connectivity index (χ4v) is 1.93. The van der Waals surface area contributed by atoms with Crippen LogP contribution in [0.15, 0.2) is 47.6 Å². The highest BCUT2D eigenvalue weighted by molar-refractivity contribution is 6.33. The largest absolute Gasteiger partial charge is 0.493 e. The third-order valence-electron chi connectivity index (χ3n) is 2.81. The van der Waals surface area contributed by atoms with Crippen molar-refractivity contribution < 1.29 is 18.7 Å². The van der Waals surface area contributed by atoms with E-state index in [1.54, 1.807) is 24.3 Å². The second-order valence-corrected chi connectivity index (χ2v) is 4.78. The number of nitrogens with zero attached hydrogens (tertiary/aromatic N) is 1. The Hall–Kier alpha value is -2.60. The van der Waals surface area contributed by atoms with E-state index in [-0.39, 0.29) is 17.2 Å². The summed E-state index contributed by atoms with van der Waals surface area (Å²) < 4.78 is 23.9. The van der Waals surface area contributed by atoms with Gasteiger partial charge in [0.25, 0.3) is 5.91 Å². The van der Waals surface area contributed by atoms with E-state index < -0.39 is 11.7 Å². The number of rotatable bonds is 6. The summed E-state index contributed by atoms with van der Waals surface area (Å²) in [5.74, 6) is -0.0754. The maximum Gasteiger partial charge on any atom is 0.277 e. The van der Waals surface area contributed by atoms with Crippen molar-refractivity contribution in [3.05, 3.63) is 58.9 Å². The maximum absolute atomic E-state index is 13.5. The molecule has 2 aromatic rings. The molecule has 0 heterocycles. The minimum Gasteiger partial charge on any atom is -0.493 e. The number of halogens is 2. The molecule has 23 heavy (non-hydrogen) atoms. The summed E-state index contributed by atoms with van der Waals surface area (Å²) in [7, 11) is 1.50. The average Bonchev–Trinajstić information content (AvgIpc) is 2.56. The van der Waals surface area contributed by atoms with Gasteiger partial charge in [-0.1, -0.05) is 29.8 Å². The zero-order valence-electron chi connectivity index (χ0n) is 12.3. The van der Waals surface area contributed by atoms with Crippen LogP contribution in [0.3, 0.4) is 0 Å². The smallest absolute Gasteiger partial charge is 0.277 e. The molecule has 7 heteroatoms. The van der Waals surface area contributed by atoms with Crippen LogP contribution in [-0.2, 0) is 4.79 Å². The Morgan fingerprint density at radius 2 is 2.00 bits per heavy atom. The molecule has 0 aliphatic heterocycles. The third-order valence-corrected chi connectivity index (χ3v) is 3.14. The molecular formula is C16H14ClFN2O3. The van der Waals surface area contributed by atoms with Gasteiger partial charge in [0.05, 0.1) is 18.3 Å². The lowest BCUT2D eigenvalue weighted by molar-refractivity contribution is -0.123. The van der Waals surface area contributed by atoms with Gasteiger partial charge in [-0.05, 0) is 24.3 Å². The molecule has 0 aromatic heterocycles. The van der Waals surface area contributed by atoms with Crippen LogP contribution in [0.4, 0.5) is 4.39 Å². The predicted molar refractivity (Wildman–Crippen MR) is 85.6 cm³/mol. The van der Waals surface area contributed by atoms with E-state index in [0.717, 1.165) is 6.21 Å². The van der Waals surface area contributed by atoms with Gasteiger partial charge in [-0.15, -0.1) is 0 Å². The third kappa shape index (κ3) is 4.69. The zero-order chi connectivity index (χ0) is 16.7. The lowest BCUT2D eigenvalue weighted by Gasteiger charge is -2.09. The van der Waals surface area contributed by atoms with Gasteiger partial charge in [-0.25, -0.2) is 9.82 Å². The molecule has 0 fully saturated rings. The molecule has 0 saturated carbocycles. The molecule has 0 bridgehead atoms. The van der Waals surface area contributed by atoms with E-state index in [0.29, 0.717) is 11.5 Å². The topological polar surface area (TPSA) is 59.9 Å². The molecule has 2 rings (SSSR count). The predicted octanol–water partition coefficient (Wildman–Crippen LogP) is 3.02. The molecule has 2 aromatic carbocycles. The van der Waals surface area contributed by atoms with Gasteiger partial charge in [-0.3, -0.25) is 4.79 Å². The minimum atomic E-state index is -0.527. The quantitative estimate of drug-likeness (QED) is 0.651. The van der Waals surface area contributed by atoms with Crippen molar-refractivity contribution in [1.82, 2.24) is 5.43 Å². The molecule has 0 aliphatic rings. The van der Waals surface area contributed by atoms with Crippen LogP contribution in [0.25, 0.3) is 0 Å². The summed E-state index contributed by atoms with van der Waals surface area (Å²) >= 11 is 5.84. The van der Waals surface area contributed by atoms with E-state index in [9.17, 15) is 9.18 Å². The van der Waals surface area contributed by atoms with Gasteiger partial charge >= 0.3 is 0 Å². The Labute approximate surface area is 137 Å². The fourth-order valence-electron chi connectivity index (χ4n) is 1.72. The zero-order valence-corrected chi connectivity index (χ0v) is 13.0. The Morgan fingerprint density at radius 3 is 2.70 bits per heavy atom. The van der Waals surface area contributed by atoms with E-state index in [1.807, 2.05) is 0 Å². The average molecular weight is 337 g/mol. The highest BCUT2D eigenvalue weighted by Crippen LogP contribution is 2.25. The van der Waals surface area contributed by atoms with E-state index in [1.165, 1.54) is 25.3 Å². The molecule has 0 radical (unpaired) electrons. The number of carbonyl (C=O) groups excluding carboxylic acids is 1. The van der Waals surface area contributed by atoms with Gasteiger partial charge in [0.15, 0.2) is 18.1 Å². The summed E-state index contributed by atoms with van der Waals surface area (Å²) in [6.45, 7) is -0.261. The number of hydrogen-bond donors (Lipinski definition) is 1. The van der Waals surface area contributed by atoms with Crippen LogP contribution in [0.5, 0.6) is 11.5 Å². The van der Waals surface area contributed by atoms with Gasteiger partial charge in [0.2, 0.25) is 0 Å². The molecular weight excluding hydrogens is 323 g/mol. The number of nitrogens with one attached hydrogen (secondary N) is 1. The first-order valence-electron chi connectivity index (χ1n) is 6.63. The Bertz CT molecular complexity index is 702. The lowest BCUT2D eigenvalue weighted by Crippen LogP contribution is -2.24. The number of amides is 1. The van der Waals surface area contributed by atoms with Crippen molar-refractivity contribution >= 4 is 23.7 Å². The van der Waals surface area contributed by atoms with Gasteiger partial charge in [0.1, 0.15) is 5.82 Å². The molecule has 1 N–H and O–H groups in total. The number of carbonyl (C=O) groups is 1. The number of hydrogen-bond acceptors (Lipinski definition) is 4. The first-order chi connectivity index (χ1) is 11.1. The first kappa shape index (κ1) is 16.8. The second kappa shape index (κ2) is 8.14.